The van der Waals surface area contributed by atoms with Crippen molar-refractivity contribution in [2.75, 3.05) is 26.7 Å². The fourth-order valence-corrected chi connectivity index (χ4v) is 4.65. The highest BCUT2D eigenvalue weighted by molar-refractivity contribution is 4.97. The van der Waals surface area contributed by atoms with Gasteiger partial charge in [-0.15, -0.1) is 0 Å². The maximum atomic E-state index is 5.81. The monoisotopic (exact) mass is 296 g/mol. The molecule has 5 unspecified atom stereocenters. The molecule has 0 aromatic rings. The Morgan fingerprint density at radius 2 is 2.05 bits per heavy atom. The summed E-state index contributed by atoms with van der Waals surface area (Å²) in [7, 11) is 1.88. The molecule has 0 aromatic carbocycles. The number of hydrogen-bond acceptors (Lipinski definition) is 3. The van der Waals surface area contributed by atoms with E-state index in [4.69, 9.17) is 4.74 Å². The van der Waals surface area contributed by atoms with Crippen molar-refractivity contribution in [3.63, 3.8) is 0 Å². The summed E-state index contributed by atoms with van der Waals surface area (Å²) >= 11 is 0. The Bertz CT molecular complexity index is 322. The zero-order valence-electron chi connectivity index (χ0n) is 14.8. The predicted molar refractivity (Wildman–Crippen MR) is 89.7 cm³/mol. The number of methoxy groups -OCH3 is 1. The van der Waals surface area contributed by atoms with Crippen LogP contribution in [0.4, 0.5) is 0 Å². The van der Waals surface area contributed by atoms with Crippen LogP contribution < -0.4 is 5.32 Å². The van der Waals surface area contributed by atoms with Crippen molar-refractivity contribution in [2.24, 2.45) is 11.8 Å². The summed E-state index contributed by atoms with van der Waals surface area (Å²) in [6.45, 7) is 12.9. The van der Waals surface area contributed by atoms with E-state index in [0.29, 0.717) is 12.1 Å². The second-order valence-corrected chi connectivity index (χ2v) is 7.83. The first-order chi connectivity index (χ1) is 9.99. The number of hydrogen-bond donors (Lipinski definition) is 1. The van der Waals surface area contributed by atoms with Crippen molar-refractivity contribution in [2.45, 2.75) is 77.5 Å². The number of nitrogens with one attached hydrogen (secondary N) is 1. The van der Waals surface area contributed by atoms with Crippen LogP contribution in [-0.4, -0.2) is 49.3 Å². The molecule has 1 aliphatic carbocycles. The van der Waals surface area contributed by atoms with Gasteiger partial charge in [-0.3, -0.25) is 4.90 Å². The van der Waals surface area contributed by atoms with E-state index >= 15 is 0 Å². The van der Waals surface area contributed by atoms with Gasteiger partial charge in [0.2, 0.25) is 0 Å². The smallest absolute Gasteiger partial charge is 0.0777 e. The van der Waals surface area contributed by atoms with Gasteiger partial charge in [0.1, 0.15) is 0 Å². The lowest BCUT2D eigenvalue weighted by atomic mass is 9.74. The first-order valence-corrected chi connectivity index (χ1v) is 9.01. The van der Waals surface area contributed by atoms with Crippen LogP contribution in [0, 0.1) is 11.8 Å². The van der Waals surface area contributed by atoms with Gasteiger partial charge in [-0.05, 0) is 64.0 Å². The molecule has 0 bridgehead atoms. The Morgan fingerprint density at radius 1 is 1.29 bits per heavy atom. The molecule has 21 heavy (non-hydrogen) atoms. The maximum Gasteiger partial charge on any atom is 0.0777 e. The normalized spacial score (nSPS) is 42.1. The fraction of sp³-hybridized carbons (Fsp3) is 1.00. The van der Waals surface area contributed by atoms with E-state index in [0.717, 1.165) is 24.9 Å². The highest BCUT2D eigenvalue weighted by atomic mass is 16.5. The van der Waals surface area contributed by atoms with Crippen LogP contribution in [0.3, 0.4) is 0 Å². The molecule has 1 aliphatic heterocycles. The summed E-state index contributed by atoms with van der Waals surface area (Å²) in [6, 6.07) is 1.34. The Morgan fingerprint density at radius 3 is 2.71 bits per heavy atom. The van der Waals surface area contributed by atoms with E-state index in [9.17, 15) is 0 Å². The van der Waals surface area contributed by atoms with Gasteiger partial charge in [-0.2, -0.15) is 0 Å². The molecule has 0 spiro atoms. The molecule has 1 N–H and O–H groups in total. The van der Waals surface area contributed by atoms with Crippen LogP contribution in [0.15, 0.2) is 0 Å². The molecule has 2 rings (SSSR count). The van der Waals surface area contributed by atoms with Gasteiger partial charge in [-0.1, -0.05) is 20.8 Å². The summed E-state index contributed by atoms with van der Waals surface area (Å²) in [5.41, 5.74) is 0.0519. The summed E-state index contributed by atoms with van der Waals surface area (Å²) in [5.74, 6) is 1.63. The second kappa shape index (κ2) is 7.43. The summed E-state index contributed by atoms with van der Waals surface area (Å²) < 4.78 is 5.81. The molecular formula is C18H36N2O. The van der Waals surface area contributed by atoms with E-state index < -0.39 is 0 Å². The Labute approximate surface area is 131 Å². The lowest BCUT2D eigenvalue weighted by Crippen LogP contribution is -2.61. The molecule has 0 radical (unpaired) electrons. The number of piperidine rings is 1. The molecule has 124 valence electrons. The molecule has 0 aromatic heterocycles. The molecule has 1 saturated heterocycles. The molecule has 3 heteroatoms. The first kappa shape index (κ1) is 17.2. The minimum Gasteiger partial charge on any atom is -0.377 e. The summed E-state index contributed by atoms with van der Waals surface area (Å²) in [5, 5.41) is 3.84. The third kappa shape index (κ3) is 4.20. The van der Waals surface area contributed by atoms with Crippen LogP contribution in [0.1, 0.15) is 59.8 Å². The standard InChI is InChI=1S/C18H36N2O/c1-6-9-19-16-12-14(2)11-15(3)17(16)20-10-7-8-18(4,13-20)21-5/h14-17,19H,6-13H2,1-5H3. The number of ether oxygens (including phenoxy) is 1. The van der Waals surface area contributed by atoms with Crippen LogP contribution in [0.25, 0.3) is 0 Å². The minimum atomic E-state index is 0.0519. The topological polar surface area (TPSA) is 24.5 Å². The summed E-state index contributed by atoms with van der Waals surface area (Å²) in [6.07, 6.45) is 6.39. The van der Waals surface area contributed by atoms with Crippen molar-refractivity contribution in [1.82, 2.24) is 10.2 Å². The van der Waals surface area contributed by atoms with Gasteiger partial charge >= 0.3 is 0 Å². The number of likely N-dealkylation sites (tertiary alicyclic amines) is 1. The molecule has 0 amide bonds. The third-order valence-corrected chi connectivity index (χ3v) is 5.69. The van der Waals surface area contributed by atoms with Gasteiger partial charge in [0.15, 0.2) is 0 Å². The quantitative estimate of drug-likeness (QED) is 0.842. The van der Waals surface area contributed by atoms with Crippen LogP contribution >= 0.6 is 0 Å². The van der Waals surface area contributed by atoms with Crippen molar-refractivity contribution < 1.29 is 4.74 Å². The molecule has 1 saturated carbocycles. The fourth-order valence-electron chi connectivity index (χ4n) is 4.65. The third-order valence-electron chi connectivity index (χ3n) is 5.69. The molecule has 2 fully saturated rings. The maximum absolute atomic E-state index is 5.81. The van der Waals surface area contributed by atoms with Crippen molar-refractivity contribution in [3.05, 3.63) is 0 Å². The molecule has 1 heterocycles. The van der Waals surface area contributed by atoms with E-state index in [1.165, 1.54) is 38.6 Å². The van der Waals surface area contributed by atoms with Gasteiger partial charge in [0.25, 0.3) is 0 Å². The zero-order valence-corrected chi connectivity index (χ0v) is 14.8. The largest absolute Gasteiger partial charge is 0.377 e. The highest BCUT2D eigenvalue weighted by Gasteiger charge is 2.41. The average molecular weight is 296 g/mol. The molecule has 3 nitrogen and oxygen atoms in total. The van der Waals surface area contributed by atoms with Crippen molar-refractivity contribution >= 4 is 0 Å². The molecule has 2 aliphatic rings. The first-order valence-electron chi connectivity index (χ1n) is 9.01. The van der Waals surface area contributed by atoms with Crippen molar-refractivity contribution in [3.8, 4) is 0 Å². The van der Waals surface area contributed by atoms with Crippen LogP contribution in [0.5, 0.6) is 0 Å². The Hall–Kier alpha value is -0.120. The van der Waals surface area contributed by atoms with Crippen LogP contribution in [0.2, 0.25) is 0 Å². The van der Waals surface area contributed by atoms with Gasteiger partial charge in [0.05, 0.1) is 5.60 Å². The van der Waals surface area contributed by atoms with Gasteiger partial charge < -0.3 is 10.1 Å². The number of nitrogens with zero attached hydrogens (tertiary/aromatic N) is 1. The van der Waals surface area contributed by atoms with Crippen LogP contribution in [-0.2, 0) is 4.74 Å². The van der Waals surface area contributed by atoms with E-state index in [1.807, 2.05) is 7.11 Å². The van der Waals surface area contributed by atoms with E-state index in [1.54, 1.807) is 0 Å². The Balaban J connectivity index is 2.08. The second-order valence-electron chi connectivity index (χ2n) is 7.83. The zero-order chi connectivity index (χ0) is 15.5. The molecular weight excluding hydrogens is 260 g/mol. The van der Waals surface area contributed by atoms with Gasteiger partial charge in [-0.25, -0.2) is 0 Å². The van der Waals surface area contributed by atoms with Crippen molar-refractivity contribution in [1.29, 1.82) is 0 Å². The number of rotatable bonds is 5. The SMILES string of the molecule is CCCNC1CC(C)CC(C)C1N1CCCC(C)(OC)C1. The lowest BCUT2D eigenvalue weighted by molar-refractivity contribution is -0.0776. The predicted octanol–water partition coefficient (Wildman–Crippen LogP) is 3.29. The lowest BCUT2D eigenvalue weighted by Gasteiger charge is -2.50. The molecule has 5 atom stereocenters. The van der Waals surface area contributed by atoms with E-state index in [-0.39, 0.29) is 5.60 Å². The van der Waals surface area contributed by atoms with E-state index in [2.05, 4.69) is 37.9 Å². The minimum absolute atomic E-state index is 0.0519. The van der Waals surface area contributed by atoms with Gasteiger partial charge in [0, 0.05) is 25.7 Å². The summed E-state index contributed by atoms with van der Waals surface area (Å²) in [4.78, 5) is 2.73. The average Bonchev–Trinajstić information content (AvgIpc) is 2.44. The highest BCUT2D eigenvalue weighted by Crippen LogP contribution is 2.35. The Kier molecular flexibility index (Phi) is 6.10.